The Hall–Kier alpha value is -0.920. The molecule has 1 aliphatic rings. The van der Waals surface area contributed by atoms with Gasteiger partial charge in [0.05, 0.1) is 0 Å². The van der Waals surface area contributed by atoms with Crippen LogP contribution in [-0.4, -0.2) is 9.97 Å². The first kappa shape index (κ1) is 12.5. The molecule has 0 radical (unpaired) electrons. The molecule has 0 amide bonds. The van der Waals surface area contributed by atoms with Gasteiger partial charge in [-0.1, -0.05) is 26.7 Å². The van der Waals surface area contributed by atoms with E-state index in [0.29, 0.717) is 5.92 Å². The highest BCUT2D eigenvalue weighted by Gasteiger charge is 2.23. The minimum Gasteiger partial charge on any atom is -0.241 e. The molecule has 0 spiro atoms. The van der Waals surface area contributed by atoms with Crippen LogP contribution < -0.4 is 0 Å². The Kier molecular flexibility index (Phi) is 4.52. The first-order valence-corrected chi connectivity index (χ1v) is 7.14. The highest BCUT2D eigenvalue weighted by atomic mass is 14.9. The highest BCUT2D eigenvalue weighted by molar-refractivity contribution is 5.07. The van der Waals surface area contributed by atoms with E-state index in [-0.39, 0.29) is 0 Å². The molecule has 0 N–H and O–H groups in total. The van der Waals surface area contributed by atoms with Gasteiger partial charge in [0.2, 0.25) is 0 Å². The lowest BCUT2D eigenvalue weighted by molar-refractivity contribution is 0.302. The van der Waals surface area contributed by atoms with Crippen LogP contribution in [0.4, 0.5) is 0 Å². The molecule has 17 heavy (non-hydrogen) atoms. The van der Waals surface area contributed by atoms with Gasteiger partial charge in [0, 0.05) is 18.3 Å². The molecule has 0 atom stereocenters. The van der Waals surface area contributed by atoms with Crippen molar-refractivity contribution < 1.29 is 0 Å². The Balaban J connectivity index is 1.91. The van der Waals surface area contributed by atoms with Gasteiger partial charge in [0.25, 0.3) is 0 Å². The van der Waals surface area contributed by atoms with E-state index in [1.807, 2.05) is 12.4 Å². The van der Waals surface area contributed by atoms with Crippen LogP contribution in [0.25, 0.3) is 0 Å². The number of aromatic nitrogens is 2. The molecule has 0 aromatic carbocycles. The van der Waals surface area contributed by atoms with Gasteiger partial charge in [-0.2, -0.15) is 0 Å². The van der Waals surface area contributed by atoms with Gasteiger partial charge in [0.1, 0.15) is 5.82 Å². The molecule has 0 unspecified atom stereocenters. The van der Waals surface area contributed by atoms with E-state index in [9.17, 15) is 0 Å². The fourth-order valence-electron chi connectivity index (χ4n) is 2.88. The predicted octanol–water partition coefficient (Wildman–Crippen LogP) is 4.11. The van der Waals surface area contributed by atoms with Crippen LogP contribution in [0, 0.1) is 5.92 Å². The molecule has 2 nitrogen and oxygen atoms in total. The molecule has 0 saturated heterocycles. The van der Waals surface area contributed by atoms with E-state index >= 15 is 0 Å². The van der Waals surface area contributed by atoms with Crippen molar-refractivity contribution in [3.63, 3.8) is 0 Å². The quantitative estimate of drug-likeness (QED) is 0.780. The Bertz CT molecular complexity index is 323. The van der Waals surface area contributed by atoms with E-state index in [4.69, 9.17) is 0 Å². The second kappa shape index (κ2) is 6.13. The lowest BCUT2D eigenvalue weighted by Gasteiger charge is -2.27. The number of rotatable bonds is 4. The Morgan fingerprint density at radius 1 is 1.06 bits per heavy atom. The van der Waals surface area contributed by atoms with Crippen LogP contribution in [-0.2, 0) is 6.42 Å². The molecule has 0 aliphatic heterocycles. The van der Waals surface area contributed by atoms with Gasteiger partial charge in [0.15, 0.2) is 0 Å². The number of nitrogens with zero attached hydrogens (tertiary/aromatic N) is 2. The lowest BCUT2D eigenvalue weighted by atomic mass is 9.80. The van der Waals surface area contributed by atoms with E-state index < -0.39 is 0 Å². The summed E-state index contributed by atoms with van der Waals surface area (Å²) in [6.45, 7) is 4.44. The summed E-state index contributed by atoms with van der Waals surface area (Å²) in [5.41, 5.74) is 1.24. The van der Waals surface area contributed by atoms with Gasteiger partial charge in [-0.3, -0.25) is 0 Å². The normalized spacial score (nSPS) is 24.8. The Morgan fingerprint density at radius 3 is 2.24 bits per heavy atom. The van der Waals surface area contributed by atoms with Crippen molar-refractivity contribution in [2.75, 3.05) is 0 Å². The van der Waals surface area contributed by atoms with Gasteiger partial charge in [-0.25, -0.2) is 9.97 Å². The van der Waals surface area contributed by atoms with Gasteiger partial charge in [-0.15, -0.1) is 0 Å². The summed E-state index contributed by atoms with van der Waals surface area (Å²) < 4.78 is 0. The standard InChI is InChI=1S/C15H24N2/c1-3-5-13-6-8-14(9-7-13)15-16-10-12(4-2)11-17-15/h10-11,13-14H,3-9H2,1-2H3/t13-,14-. The number of hydrogen-bond donors (Lipinski definition) is 0. The molecule has 94 valence electrons. The first-order valence-electron chi connectivity index (χ1n) is 7.14. The van der Waals surface area contributed by atoms with E-state index in [0.717, 1.165) is 18.2 Å². The second-order valence-corrected chi connectivity index (χ2v) is 5.31. The predicted molar refractivity (Wildman–Crippen MR) is 71.0 cm³/mol. The molecule has 1 fully saturated rings. The summed E-state index contributed by atoms with van der Waals surface area (Å²) in [6.07, 6.45) is 13.1. The molecule has 1 saturated carbocycles. The Morgan fingerprint density at radius 2 is 1.71 bits per heavy atom. The average Bonchev–Trinajstić information content (AvgIpc) is 2.40. The second-order valence-electron chi connectivity index (χ2n) is 5.31. The molecular formula is C15H24N2. The van der Waals surface area contributed by atoms with Crippen molar-refractivity contribution in [3.05, 3.63) is 23.8 Å². The van der Waals surface area contributed by atoms with Gasteiger partial charge >= 0.3 is 0 Å². The van der Waals surface area contributed by atoms with Crippen molar-refractivity contribution in [2.24, 2.45) is 5.92 Å². The third-order valence-electron chi connectivity index (χ3n) is 4.04. The maximum Gasteiger partial charge on any atom is 0.131 e. The third kappa shape index (κ3) is 3.27. The van der Waals surface area contributed by atoms with Crippen LogP contribution in [0.3, 0.4) is 0 Å². The van der Waals surface area contributed by atoms with Crippen LogP contribution in [0.5, 0.6) is 0 Å². The van der Waals surface area contributed by atoms with Crippen molar-refractivity contribution in [2.45, 2.75) is 64.7 Å². The van der Waals surface area contributed by atoms with Crippen molar-refractivity contribution in [3.8, 4) is 0 Å². The highest BCUT2D eigenvalue weighted by Crippen LogP contribution is 2.35. The van der Waals surface area contributed by atoms with Crippen molar-refractivity contribution in [1.29, 1.82) is 0 Å². The van der Waals surface area contributed by atoms with Gasteiger partial charge < -0.3 is 0 Å². The van der Waals surface area contributed by atoms with Crippen LogP contribution >= 0.6 is 0 Å². The largest absolute Gasteiger partial charge is 0.241 e. The van der Waals surface area contributed by atoms with E-state index in [2.05, 4.69) is 23.8 Å². The zero-order valence-electron chi connectivity index (χ0n) is 11.2. The minimum absolute atomic E-state index is 0.619. The minimum atomic E-state index is 0.619. The topological polar surface area (TPSA) is 25.8 Å². The fourth-order valence-corrected chi connectivity index (χ4v) is 2.88. The third-order valence-corrected chi connectivity index (χ3v) is 4.04. The average molecular weight is 232 g/mol. The Labute approximate surface area is 105 Å². The van der Waals surface area contributed by atoms with Crippen LogP contribution in [0.15, 0.2) is 12.4 Å². The smallest absolute Gasteiger partial charge is 0.131 e. The maximum absolute atomic E-state index is 4.53. The SMILES string of the molecule is CCC[C@H]1CC[C@H](c2ncc(CC)cn2)CC1. The summed E-state index contributed by atoms with van der Waals surface area (Å²) in [6, 6.07) is 0. The molecule has 1 aliphatic carbocycles. The van der Waals surface area contributed by atoms with Crippen molar-refractivity contribution in [1.82, 2.24) is 9.97 Å². The van der Waals surface area contributed by atoms with Crippen molar-refractivity contribution >= 4 is 0 Å². The van der Waals surface area contributed by atoms with E-state index in [1.54, 1.807) is 0 Å². The molecule has 1 aromatic heterocycles. The summed E-state index contributed by atoms with van der Waals surface area (Å²) >= 11 is 0. The van der Waals surface area contributed by atoms with E-state index in [1.165, 1.54) is 44.1 Å². The molecular weight excluding hydrogens is 208 g/mol. The summed E-state index contributed by atoms with van der Waals surface area (Å²) in [7, 11) is 0. The molecule has 2 heteroatoms. The van der Waals surface area contributed by atoms with Gasteiger partial charge in [-0.05, 0) is 43.6 Å². The number of aryl methyl sites for hydroxylation is 1. The summed E-state index contributed by atoms with van der Waals surface area (Å²) in [5.74, 6) is 2.66. The van der Waals surface area contributed by atoms with Crippen LogP contribution in [0.1, 0.15) is 69.7 Å². The molecule has 0 bridgehead atoms. The zero-order valence-corrected chi connectivity index (χ0v) is 11.2. The first-order chi connectivity index (χ1) is 8.33. The molecule has 1 aromatic rings. The zero-order chi connectivity index (χ0) is 12.1. The number of hydrogen-bond acceptors (Lipinski definition) is 2. The summed E-state index contributed by atoms with van der Waals surface area (Å²) in [4.78, 5) is 9.07. The van der Waals surface area contributed by atoms with Crippen LogP contribution in [0.2, 0.25) is 0 Å². The molecule has 2 rings (SSSR count). The lowest BCUT2D eigenvalue weighted by Crippen LogP contribution is -2.15. The maximum atomic E-state index is 4.53. The fraction of sp³-hybridized carbons (Fsp3) is 0.733. The summed E-state index contributed by atoms with van der Waals surface area (Å²) in [5, 5.41) is 0. The molecule has 1 heterocycles. The monoisotopic (exact) mass is 232 g/mol.